The standard InChI is InChI=1S/C37H47FN6O4Si/c1-24(2)10-9-11-25(3)16-20-43-32-15-14-28(44-35(46)29-12-7-8-13-31(29)40-44)22-30(32)37(36(43)47)26(4)34(49(5,6)38)33(48-37)17-19-42-23-27(18-21-45)39-41-42/h7-8,10,12-16,22-23,26,33-34,40,45H,9,11,17-21H2,1-6H3/b25-16+/t26-,33+,34-,37+/m1/s1. The molecule has 4 atom stereocenters. The first-order valence-corrected chi connectivity index (χ1v) is 20.1. The Hall–Kier alpha value is -4.13. The maximum Gasteiger partial charge on any atom is 0.279 e. The molecule has 2 aromatic carbocycles. The Labute approximate surface area is 287 Å². The van der Waals surface area contributed by atoms with E-state index in [9.17, 15) is 14.7 Å². The van der Waals surface area contributed by atoms with E-state index < -0.39 is 31.6 Å². The molecule has 0 saturated carbocycles. The lowest BCUT2D eigenvalue weighted by atomic mass is 9.82. The summed E-state index contributed by atoms with van der Waals surface area (Å²) in [6, 6.07) is 12.9. The van der Waals surface area contributed by atoms with Crippen LogP contribution in [0.25, 0.3) is 16.6 Å². The molecule has 4 aromatic rings. The van der Waals surface area contributed by atoms with Gasteiger partial charge in [-0.25, -0.2) is 4.68 Å². The predicted molar refractivity (Wildman–Crippen MR) is 192 cm³/mol. The molecule has 2 aliphatic heterocycles. The van der Waals surface area contributed by atoms with E-state index in [0.29, 0.717) is 59.5 Å². The van der Waals surface area contributed by atoms with Crippen molar-refractivity contribution in [3.63, 3.8) is 0 Å². The number of aryl methyl sites for hydroxylation is 1. The van der Waals surface area contributed by atoms with Crippen molar-refractivity contribution in [1.29, 1.82) is 0 Å². The number of halogens is 1. The Morgan fingerprint density at radius 1 is 1.14 bits per heavy atom. The summed E-state index contributed by atoms with van der Waals surface area (Å²) in [5.74, 6) is -0.681. The molecule has 1 fully saturated rings. The summed E-state index contributed by atoms with van der Waals surface area (Å²) < 4.78 is 26.6. The van der Waals surface area contributed by atoms with Gasteiger partial charge in [0.25, 0.3) is 11.5 Å². The van der Waals surface area contributed by atoms with Gasteiger partial charge < -0.3 is 18.9 Å². The molecule has 0 aliphatic carbocycles. The summed E-state index contributed by atoms with van der Waals surface area (Å²) in [6.07, 6.45) is 8.18. The summed E-state index contributed by atoms with van der Waals surface area (Å²) in [4.78, 5) is 30.1. The number of H-pyrrole nitrogens is 1. The third-order valence-electron chi connectivity index (χ3n) is 10.1. The molecule has 260 valence electrons. The van der Waals surface area contributed by atoms with Crippen molar-refractivity contribution in [2.75, 3.05) is 18.1 Å². The first-order valence-electron chi connectivity index (χ1n) is 17.2. The van der Waals surface area contributed by atoms with E-state index in [-0.39, 0.29) is 18.1 Å². The van der Waals surface area contributed by atoms with Crippen LogP contribution in [0.1, 0.15) is 58.2 Å². The number of aromatic amines is 1. The molecule has 10 nitrogen and oxygen atoms in total. The van der Waals surface area contributed by atoms with E-state index in [0.717, 1.165) is 12.8 Å². The van der Waals surface area contributed by atoms with Gasteiger partial charge in [-0.2, -0.15) is 0 Å². The van der Waals surface area contributed by atoms with Gasteiger partial charge in [0.1, 0.15) is 0 Å². The predicted octanol–water partition coefficient (Wildman–Crippen LogP) is 6.35. The van der Waals surface area contributed by atoms with Crippen molar-refractivity contribution in [1.82, 2.24) is 24.8 Å². The van der Waals surface area contributed by atoms with Crippen LogP contribution in [-0.4, -0.2) is 63.5 Å². The van der Waals surface area contributed by atoms with Gasteiger partial charge in [-0.3, -0.25) is 19.4 Å². The molecule has 0 unspecified atom stereocenters. The van der Waals surface area contributed by atoms with Gasteiger partial charge in [0.05, 0.1) is 34.1 Å². The number of para-hydroxylation sites is 1. The maximum atomic E-state index is 16.4. The monoisotopic (exact) mass is 686 g/mol. The molecule has 0 bridgehead atoms. The van der Waals surface area contributed by atoms with E-state index in [1.165, 1.54) is 15.8 Å². The highest BCUT2D eigenvalue weighted by Gasteiger charge is 2.66. The number of benzene rings is 2. The summed E-state index contributed by atoms with van der Waals surface area (Å²) in [5.41, 5.74) is 3.67. The second-order valence-corrected chi connectivity index (χ2v) is 18.1. The van der Waals surface area contributed by atoms with Crippen LogP contribution >= 0.6 is 0 Å². The van der Waals surface area contributed by atoms with Gasteiger partial charge >= 0.3 is 0 Å². The van der Waals surface area contributed by atoms with Gasteiger partial charge in [-0.1, -0.05) is 47.6 Å². The fourth-order valence-corrected chi connectivity index (χ4v) is 10.3. The van der Waals surface area contributed by atoms with Crippen molar-refractivity contribution in [3.05, 3.63) is 93.6 Å². The molecular weight excluding hydrogens is 640 g/mol. The Balaban J connectivity index is 1.41. The fraction of sp³-hybridized carbons (Fsp3) is 0.459. The molecule has 2 N–H and O–H groups in total. The molecule has 4 heterocycles. The molecule has 12 heteroatoms. The highest BCUT2D eigenvalue weighted by molar-refractivity contribution is 6.72. The first-order chi connectivity index (χ1) is 23.3. The number of carbonyl (C=O) groups is 1. The number of rotatable bonds is 12. The van der Waals surface area contributed by atoms with Crippen LogP contribution in [0.2, 0.25) is 18.6 Å². The molecule has 2 aromatic heterocycles. The summed E-state index contributed by atoms with van der Waals surface area (Å²) in [7, 11) is -3.38. The van der Waals surface area contributed by atoms with E-state index in [1.54, 1.807) is 34.9 Å². The van der Waals surface area contributed by atoms with Gasteiger partial charge in [0.2, 0.25) is 8.41 Å². The number of allylic oxidation sites excluding steroid dienone is 3. The van der Waals surface area contributed by atoms with Gasteiger partial charge in [0.15, 0.2) is 5.60 Å². The lowest BCUT2D eigenvalue weighted by molar-refractivity contribution is -0.145. The smallest absolute Gasteiger partial charge is 0.279 e. The minimum Gasteiger partial charge on any atom is -0.396 e. The molecule has 49 heavy (non-hydrogen) atoms. The number of hydrogen-bond donors (Lipinski definition) is 2. The average molecular weight is 687 g/mol. The number of aromatic nitrogens is 5. The Morgan fingerprint density at radius 3 is 2.63 bits per heavy atom. The van der Waals surface area contributed by atoms with Crippen molar-refractivity contribution in [2.24, 2.45) is 5.92 Å². The Bertz CT molecular complexity index is 1970. The molecule has 1 saturated heterocycles. The largest absolute Gasteiger partial charge is 0.396 e. The number of aliphatic hydroxyl groups is 1. The molecular formula is C37H47FN6O4Si. The van der Waals surface area contributed by atoms with Crippen molar-refractivity contribution < 1.29 is 18.7 Å². The number of hydrogen-bond acceptors (Lipinski definition) is 6. The van der Waals surface area contributed by atoms with E-state index >= 15 is 4.11 Å². The van der Waals surface area contributed by atoms with Crippen LogP contribution in [0.15, 0.2) is 76.8 Å². The first kappa shape index (κ1) is 34.7. The number of nitrogens with one attached hydrogen (secondary N) is 1. The summed E-state index contributed by atoms with van der Waals surface area (Å²) in [5, 5.41) is 21.4. The van der Waals surface area contributed by atoms with Gasteiger partial charge in [-0.05, 0) is 83.5 Å². The Morgan fingerprint density at radius 2 is 1.92 bits per heavy atom. The Kier molecular flexibility index (Phi) is 9.67. The van der Waals surface area contributed by atoms with E-state index in [1.807, 2.05) is 43.3 Å². The highest BCUT2D eigenvalue weighted by atomic mass is 28.4. The zero-order valence-electron chi connectivity index (χ0n) is 29.2. The van der Waals surface area contributed by atoms with E-state index in [4.69, 9.17) is 4.74 Å². The minimum atomic E-state index is -3.38. The SMILES string of the molecule is CC(C)=CCC/C(C)=C/CN1C(=O)[C@@]2(O[C@@H](CCn3cc(CCO)nn3)[C@H]([Si](C)(C)F)[C@H]2C)c2cc(-n3[nH]c4ccccc4c3=O)ccc21. The van der Waals surface area contributed by atoms with Crippen LogP contribution in [-0.2, 0) is 28.1 Å². The number of fused-ring (bicyclic) bond motifs is 3. The van der Waals surface area contributed by atoms with Gasteiger partial charge in [0, 0.05) is 49.3 Å². The molecule has 6 rings (SSSR count). The quantitative estimate of drug-likeness (QED) is 0.102. The van der Waals surface area contributed by atoms with Crippen LogP contribution in [0.5, 0.6) is 0 Å². The van der Waals surface area contributed by atoms with Crippen molar-refractivity contribution >= 4 is 30.9 Å². The van der Waals surface area contributed by atoms with Crippen LogP contribution < -0.4 is 10.5 Å². The average Bonchev–Trinajstić information content (AvgIpc) is 3.78. The lowest BCUT2D eigenvalue weighted by Gasteiger charge is -2.31. The number of ether oxygens (including phenoxy) is 1. The number of amides is 1. The maximum absolute atomic E-state index is 16.4. The van der Waals surface area contributed by atoms with Crippen LogP contribution in [0.4, 0.5) is 9.80 Å². The zero-order chi connectivity index (χ0) is 35.1. The lowest BCUT2D eigenvalue weighted by Crippen LogP contribution is -2.45. The van der Waals surface area contributed by atoms with Crippen molar-refractivity contribution in [2.45, 2.75) is 90.3 Å². The third-order valence-corrected chi connectivity index (χ3v) is 12.6. The minimum absolute atomic E-state index is 0.0248. The van der Waals surface area contributed by atoms with Crippen molar-refractivity contribution in [3.8, 4) is 5.69 Å². The second-order valence-electron chi connectivity index (χ2n) is 14.3. The number of nitrogens with zero attached hydrogens (tertiary/aromatic N) is 5. The number of aliphatic hydroxyl groups excluding tert-OH is 1. The molecule has 2 aliphatic rings. The zero-order valence-corrected chi connectivity index (χ0v) is 30.2. The molecule has 1 spiro atoms. The topological polar surface area (TPSA) is 118 Å². The number of anilines is 1. The normalized spacial score (nSPS) is 22.4. The third kappa shape index (κ3) is 6.49. The summed E-state index contributed by atoms with van der Waals surface area (Å²) in [6.45, 7) is 12.3. The fourth-order valence-electron chi connectivity index (χ4n) is 7.74. The van der Waals surface area contributed by atoms with Gasteiger partial charge in [-0.15, -0.1) is 5.10 Å². The van der Waals surface area contributed by atoms with E-state index in [2.05, 4.69) is 48.3 Å². The highest BCUT2D eigenvalue weighted by Crippen LogP contribution is 2.60. The van der Waals surface area contributed by atoms with Crippen LogP contribution in [0, 0.1) is 5.92 Å². The number of carbonyl (C=O) groups excluding carboxylic acids is 1. The second kappa shape index (κ2) is 13.6. The summed E-state index contributed by atoms with van der Waals surface area (Å²) >= 11 is 0. The molecule has 1 amide bonds. The van der Waals surface area contributed by atoms with Crippen LogP contribution in [0.3, 0.4) is 0 Å². The molecule has 0 radical (unpaired) electrons.